The van der Waals surface area contributed by atoms with Crippen LogP contribution in [0.15, 0.2) is 65.5 Å². The van der Waals surface area contributed by atoms with Gasteiger partial charge in [-0.25, -0.2) is 9.78 Å². The first-order chi connectivity index (χ1) is 15.5. The minimum atomic E-state index is -0.976. The van der Waals surface area contributed by atoms with Crippen molar-refractivity contribution in [3.63, 3.8) is 0 Å². The van der Waals surface area contributed by atoms with Crippen molar-refractivity contribution >= 4 is 43.7 Å². The molecular formula is C25H30CaN2O5. The third-order valence-corrected chi connectivity index (χ3v) is 5.04. The van der Waals surface area contributed by atoms with E-state index in [4.69, 9.17) is 9.47 Å². The first-order valence-electron chi connectivity index (χ1n) is 10.7. The molecule has 3 aromatic rings. The van der Waals surface area contributed by atoms with Gasteiger partial charge in [0.25, 0.3) is 5.56 Å². The molecule has 0 spiro atoms. The number of ether oxygens (including phenoxy) is 2. The summed E-state index contributed by atoms with van der Waals surface area (Å²) in [5.74, 6) is 0.388. The maximum atomic E-state index is 12.7. The van der Waals surface area contributed by atoms with E-state index in [0.717, 1.165) is 11.1 Å². The molecule has 1 N–H and O–H groups in total. The number of hydrogen-bond donors (Lipinski definition) is 1. The fourth-order valence-electron chi connectivity index (χ4n) is 3.43. The van der Waals surface area contributed by atoms with E-state index >= 15 is 0 Å². The first-order valence-corrected chi connectivity index (χ1v) is 10.7. The molecule has 1 aromatic heterocycles. The Balaban J connectivity index is 0.00000385. The van der Waals surface area contributed by atoms with Crippen molar-refractivity contribution in [2.45, 2.75) is 39.3 Å². The van der Waals surface area contributed by atoms with Gasteiger partial charge in [0.05, 0.1) is 12.2 Å². The number of carboxylic acid groups (broad SMARTS) is 1. The molecule has 172 valence electrons. The van der Waals surface area contributed by atoms with Crippen LogP contribution in [0.4, 0.5) is 0 Å². The van der Waals surface area contributed by atoms with Crippen molar-refractivity contribution in [2.75, 3.05) is 13.2 Å². The van der Waals surface area contributed by atoms with Gasteiger partial charge < -0.3 is 17.4 Å². The van der Waals surface area contributed by atoms with Gasteiger partial charge in [-0.1, -0.05) is 49.4 Å². The Hall–Kier alpha value is -2.19. The largest absolute Gasteiger partial charge is 2.00 e. The third kappa shape index (κ3) is 7.67. The number of carbonyl (C=O) groups is 1. The quantitative estimate of drug-likeness (QED) is 0.425. The molecule has 1 unspecified atom stereocenters. The standard InChI is InChI=1S/C25H28N2O5.Ca.2H/c1-3-23-26-21(19-8-6-5-7-9-19)17-24(28)27(23)14-15-32-20-12-10-18(11-13-20)16-22(25(29)30)31-4-2;;;/h5-13,17,22H,3-4,14-16H2,1-2H3,(H,29,30);;;/q;+2;2*-1. The van der Waals surface area contributed by atoms with Crippen molar-refractivity contribution in [3.05, 3.63) is 82.4 Å². The minimum absolute atomic E-state index is 0. The Morgan fingerprint density at radius 1 is 1.12 bits per heavy atom. The maximum Gasteiger partial charge on any atom is 2.00 e. The van der Waals surface area contributed by atoms with Gasteiger partial charge in [-0.05, 0) is 24.6 Å². The zero-order chi connectivity index (χ0) is 22.9. The molecule has 0 bridgehead atoms. The molecule has 0 aliphatic carbocycles. The van der Waals surface area contributed by atoms with E-state index in [9.17, 15) is 14.7 Å². The van der Waals surface area contributed by atoms with Gasteiger partial charge >= 0.3 is 43.7 Å². The van der Waals surface area contributed by atoms with Gasteiger partial charge in [-0.15, -0.1) is 0 Å². The van der Waals surface area contributed by atoms with Gasteiger partial charge in [0.15, 0.2) is 6.10 Å². The van der Waals surface area contributed by atoms with E-state index in [1.165, 1.54) is 0 Å². The average Bonchev–Trinajstić information content (AvgIpc) is 2.81. The summed E-state index contributed by atoms with van der Waals surface area (Å²) in [6.07, 6.45) is 0.0605. The van der Waals surface area contributed by atoms with Gasteiger partial charge in [-0.2, -0.15) is 0 Å². The number of benzene rings is 2. The fourth-order valence-corrected chi connectivity index (χ4v) is 3.43. The number of aromatic nitrogens is 2. The summed E-state index contributed by atoms with van der Waals surface area (Å²) in [5.41, 5.74) is 2.33. The molecule has 3 rings (SSSR count). The molecule has 0 fully saturated rings. The predicted molar refractivity (Wildman–Crippen MR) is 130 cm³/mol. The normalized spacial score (nSPS) is 11.5. The number of hydrogen-bond acceptors (Lipinski definition) is 5. The Morgan fingerprint density at radius 3 is 2.42 bits per heavy atom. The van der Waals surface area contributed by atoms with E-state index in [1.54, 1.807) is 29.7 Å². The van der Waals surface area contributed by atoms with Crippen LogP contribution in [0.2, 0.25) is 0 Å². The smallest absolute Gasteiger partial charge is 1.00 e. The Morgan fingerprint density at radius 2 is 1.82 bits per heavy atom. The van der Waals surface area contributed by atoms with Gasteiger partial charge in [0.2, 0.25) is 0 Å². The Kier molecular flexibility index (Phi) is 11.1. The fraction of sp³-hybridized carbons (Fsp3) is 0.320. The molecule has 0 saturated carbocycles. The van der Waals surface area contributed by atoms with Crippen LogP contribution in [0, 0.1) is 0 Å². The van der Waals surface area contributed by atoms with Crippen molar-refractivity contribution < 1.29 is 22.2 Å². The molecule has 0 radical (unpaired) electrons. The van der Waals surface area contributed by atoms with Crippen LogP contribution in [0.3, 0.4) is 0 Å². The van der Waals surface area contributed by atoms with E-state index < -0.39 is 12.1 Å². The summed E-state index contributed by atoms with van der Waals surface area (Å²) in [6, 6.07) is 18.4. The summed E-state index contributed by atoms with van der Waals surface area (Å²) in [7, 11) is 0. The van der Waals surface area contributed by atoms with Gasteiger partial charge in [-0.3, -0.25) is 9.36 Å². The van der Waals surface area contributed by atoms with Crippen LogP contribution in [0.25, 0.3) is 11.3 Å². The van der Waals surface area contributed by atoms with E-state index in [2.05, 4.69) is 4.98 Å². The first kappa shape index (κ1) is 27.1. The molecule has 8 heteroatoms. The molecule has 2 aromatic carbocycles. The number of carboxylic acids is 1. The van der Waals surface area contributed by atoms with Crippen molar-refractivity contribution in [2.24, 2.45) is 0 Å². The number of aliphatic carboxylic acids is 1. The third-order valence-electron chi connectivity index (χ3n) is 5.04. The van der Waals surface area contributed by atoms with Crippen molar-refractivity contribution in [1.82, 2.24) is 9.55 Å². The van der Waals surface area contributed by atoms with Crippen LogP contribution in [0.1, 0.15) is 28.1 Å². The summed E-state index contributed by atoms with van der Waals surface area (Å²) in [5, 5.41) is 9.21. The monoisotopic (exact) mass is 478 g/mol. The van der Waals surface area contributed by atoms with Crippen molar-refractivity contribution in [3.8, 4) is 17.0 Å². The average molecular weight is 479 g/mol. The second-order valence-electron chi connectivity index (χ2n) is 7.25. The number of nitrogens with zero attached hydrogens (tertiary/aromatic N) is 2. The molecule has 33 heavy (non-hydrogen) atoms. The maximum absolute atomic E-state index is 12.7. The molecule has 0 aliphatic rings. The summed E-state index contributed by atoms with van der Waals surface area (Å²) >= 11 is 0. The van der Waals surface area contributed by atoms with Gasteiger partial charge in [0, 0.05) is 31.1 Å². The van der Waals surface area contributed by atoms with Crippen LogP contribution < -0.4 is 10.3 Å². The zero-order valence-electron chi connectivity index (χ0n) is 21.1. The molecule has 1 atom stereocenters. The Bertz CT molecular complexity index is 1100. The van der Waals surface area contributed by atoms with E-state index in [-0.39, 0.29) is 52.6 Å². The SMILES string of the molecule is CCOC(Cc1ccc(OCCn2c(CC)nc(-c3ccccc3)cc2=O)cc1)C(=O)O.[Ca+2].[H-].[H-]. The zero-order valence-corrected chi connectivity index (χ0v) is 21.3. The molecule has 1 heterocycles. The topological polar surface area (TPSA) is 90.7 Å². The Labute approximate surface area is 226 Å². The summed E-state index contributed by atoms with van der Waals surface area (Å²) < 4.78 is 12.7. The second kappa shape index (κ2) is 13.5. The summed E-state index contributed by atoms with van der Waals surface area (Å²) in [4.78, 5) is 28.6. The van der Waals surface area contributed by atoms with Crippen LogP contribution in [-0.4, -0.2) is 77.7 Å². The van der Waals surface area contributed by atoms with Gasteiger partial charge in [0.1, 0.15) is 18.2 Å². The molecule has 7 nitrogen and oxygen atoms in total. The van der Waals surface area contributed by atoms with Crippen LogP contribution >= 0.6 is 0 Å². The number of aryl methyl sites for hydroxylation is 1. The predicted octanol–water partition coefficient (Wildman–Crippen LogP) is 3.43. The van der Waals surface area contributed by atoms with Crippen LogP contribution in [0.5, 0.6) is 5.75 Å². The molecular weight excluding hydrogens is 448 g/mol. The van der Waals surface area contributed by atoms with E-state index in [1.807, 2.05) is 49.4 Å². The molecule has 0 aliphatic heterocycles. The van der Waals surface area contributed by atoms with Crippen molar-refractivity contribution in [1.29, 1.82) is 0 Å². The molecule has 0 amide bonds. The second-order valence-corrected chi connectivity index (χ2v) is 7.25. The van der Waals surface area contributed by atoms with E-state index in [0.29, 0.717) is 43.4 Å². The number of rotatable bonds is 11. The summed E-state index contributed by atoms with van der Waals surface area (Å²) in [6.45, 7) is 4.79. The molecule has 0 saturated heterocycles. The minimum Gasteiger partial charge on any atom is -1.00 e. The van der Waals surface area contributed by atoms with Crippen LogP contribution in [-0.2, 0) is 28.9 Å².